The Morgan fingerprint density at radius 1 is 1.12 bits per heavy atom. The lowest BCUT2D eigenvalue weighted by Gasteiger charge is -2.30. The molecule has 0 radical (unpaired) electrons. The molecule has 1 aliphatic rings. The number of anilines is 2. The van der Waals surface area contributed by atoms with Crippen LogP contribution in [0.4, 0.5) is 11.6 Å². The third-order valence-corrected chi connectivity index (χ3v) is 8.26. The van der Waals surface area contributed by atoms with E-state index in [0.717, 1.165) is 28.5 Å². The summed E-state index contributed by atoms with van der Waals surface area (Å²) in [5.41, 5.74) is 2.47. The summed E-state index contributed by atoms with van der Waals surface area (Å²) in [6, 6.07) is 8.09. The lowest BCUT2D eigenvalue weighted by molar-refractivity contribution is 0.284. The molecule has 0 bridgehead atoms. The Hall–Kier alpha value is -2.05. The first-order chi connectivity index (χ1) is 15.7. The highest BCUT2D eigenvalue weighted by atomic mass is 35.5. The van der Waals surface area contributed by atoms with Crippen LogP contribution in [0.15, 0.2) is 40.2 Å². The van der Waals surface area contributed by atoms with Crippen molar-refractivity contribution in [2.45, 2.75) is 76.5 Å². The van der Waals surface area contributed by atoms with Gasteiger partial charge >= 0.3 is 0 Å². The van der Waals surface area contributed by atoms with E-state index in [9.17, 15) is 4.79 Å². The molecular formula is C26H33ClN4OS. The molecule has 0 atom stereocenters. The third kappa shape index (κ3) is 5.38. The van der Waals surface area contributed by atoms with Gasteiger partial charge in [-0.15, -0.1) is 11.8 Å². The molecule has 0 saturated heterocycles. The zero-order valence-corrected chi connectivity index (χ0v) is 21.6. The predicted octanol–water partition coefficient (Wildman–Crippen LogP) is 7.38. The molecule has 0 unspecified atom stereocenters. The zero-order valence-electron chi connectivity index (χ0n) is 20.1. The maximum absolute atomic E-state index is 12.5. The number of fused-ring (bicyclic) bond motifs is 1. The molecule has 2 aromatic heterocycles. The summed E-state index contributed by atoms with van der Waals surface area (Å²) in [7, 11) is 0. The van der Waals surface area contributed by atoms with Crippen molar-refractivity contribution >= 4 is 46.0 Å². The number of benzene rings is 1. The summed E-state index contributed by atoms with van der Waals surface area (Å²) in [6.45, 7) is 10.7. The minimum Gasteiger partial charge on any atom is -0.324 e. The Morgan fingerprint density at radius 2 is 1.85 bits per heavy atom. The molecule has 1 fully saturated rings. The van der Waals surface area contributed by atoms with Crippen LogP contribution in [0.2, 0.25) is 5.02 Å². The third-order valence-electron chi connectivity index (χ3n) is 6.65. The number of rotatable bonds is 6. The van der Waals surface area contributed by atoms with Crippen molar-refractivity contribution < 1.29 is 0 Å². The number of pyridine rings is 1. The molecule has 0 aliphatic heterocycles. The lowest BCUT2D eigenvalue weighted by atomic mass is 9.81. The van der Waals surface area contributed by atoms with E-state index in [4.69, 9.17) is 11.6 Å². The van der Waals surface area contributed by atoms with Gasteiger partial charge in [0.15, 0.2) is 0 Å². The summed E-state index contributed by atoms with van der Waals surface area (Å²) >= 11 is 8.13. The van der Waals surface area contributed by atoms with Crippen molar-refractivity contribution in [2.75, 3.05) is 5.32 Å². The zero-order chi connectivity index (χ0) is 23.7. The van der Waals surface area contributed by atoms with Crippen molar-refractivity contribution in [3.8, 4) is 0 Å². The monoisotopic (exact) mass is 484 g/mol. The molecule has 33 heavy (non-hydrogen) atoms. The highest BCUT2D eigenvalue weighted by molar-refractivity contribution is 8.00. The van der Waals surface area contributed by atoms with E-state index in [1.54, 1.807) is 16.8 Å². The summed E-state index contributed by atoms with van der Waals surface area (Å²) in [6.07, 6.45) is 7.01. The molecular weight excluding hydrogens is 452 g/mol. The molecule has 7 heteroatoms. The van der Waals surface area contributed by atoms with E-state index in [2.05, 4.69) is 54.3 Å². The molecule has 176 valence electrons. The second-order valence-electron chi connectivity index (χ2n) is 9.73. The van der Waals surface area contributed by atoms with Crippen molar-refractivity contribution in [1.29, 1.82) is 0 Å². The fourth-order valence-electron chi connectivity index (χ4n) is 4.66. The van der Waals surface area contributed by atoms with E-state index >= 15 is 0 Å². The van der Waals surface area contributed by atoms with Crippen LogP contribution in [0, 0.1) is 18.8 Å². The van der Waals surface area contributed by atoms with Gasteiger partial charge in [0.05, 0.1) is 0 Å². The average Bonchev–Trinajstić information content (AvgIpc) is 2.77. The number of nitrogens with one attached hydrogen (secondary N) is 1. The van der Waals surface area contributed by atoms with Crippen LogP contribution in [0.3, 0.4) is 0 Å². The van der Waals surface area contributed by atoms with Gasteiger partial charge in [0.25, 0.3) is 5.56 Å². The molecule has 5 nitrogen and oxygen atoms in total. The molecule has 2 heterocycles. The standard InChI is InChI=1S/C26H33ClN4OS/c1-15(2)18-6-8-20(9-7-18)33-21-10-11-23(17(5)12-21)29-26-28-14-19-13-22(27)25(32)31(16(3)4)24(19)30-26/h10-16,18,20H,6-9H2,1-5H3,(H,28,29,30). The van der Waals surface area contributed by atoms with Gasteiger partial charge in [-0.3, -0.25) is 9.36 Å². The van der Waals surface area contributed by atoms with Gasteiger partial charge in [-0.1, -0.05) is 25.4 Å². The number of aromatic nitrogens is 3. The van der Waals surface area contributed by atoms with Crippen LogP contribution in [-0.2, 0) is 0 Å². The Morgan fingerprint density at radius 3 is 2.48 bits per heavy atom. The van der Waals surface area contributed by atoms with Crippen molar-refractivity contribution in [3.63, 3.8) is 0 Å². The van der Waals surface area contributed by atoms with Gasteiger partial charge < -0.3 is 5.32 Å². The summed E-state index contributed by atoms with van der Waals surface area (Å²) in [5.74, 6) is 2.16. The molecule has 1 aliphatic carbocycles. The topological polar surface area (TPSA) is 59.8 Å². The smallest absolute Gasteiger partial charge is 0.271 e. The highest BCUT2D eigenvalue weighted by Crippen LogP contribution is 2.39. The number of hydrogen-bond donors (Lipinski definition) is 1. The number of halogens is 1. The van der Waals surface area contributed by atoms with Crippen molar-refractivity contribution in [1.82, 2.24) is 14.5 Å². The molecule has 0 spiro atoms. The average molecular weight is 485 g/mol. The van der Waals surface area contributed by atoms with Crippen LogP contribution in [0.25, 0.3) is 11.0 Å². The molecule has 0 amide bonds. The van der Waals surface area contributed by atoms with Gasteiger partial charge in [0, 0.05) is 33.5 Å². The van der Waals surface area contributed by atoms with Crippen LogP contribution in [-0.4, -0.2) is 19.8 Å². The second-order valence-corrected chi connectivity index (χ2v) is 11.5. The fraction of sp³-hybridized carbons (Fsp3) is 0.500. The minimum absolute atomic E-state index is 0.0601. The largest absolute Gasteiger partial charge is 0.324 e. The quantitative estimate of drug-likeness (QED) is 0.395. The molecule has 1 N–H and O–H groups in total. The first-order valence-corrected chi connectivity index (χ1v) is 13.1. The molecule has 1 aromatic carbocycles. The van der Waals surface area contributed by atoms with Crippen LogP contribution in [0.5, 0.6) is 0 Å². The van der Waals surface area contributed by atoms with E-state index in [0.29, 0.717) is 16.8 Å². The molecule has 1 saturated carbocycles. The predicted molar refractivity (Wildman–Crippen MR) is 140 cm³/mol. The van der Waals surface area contributed by atoms with Gasteiger partial charge in [-0.25, -0.2) is 4.98 Å². The Balaban J connectivity index is 1.51. The number of hydrogen-bond acceptors (Lipinski definition) is 5. The lowest BCUT2D eigenvalue weighted by Crippen LogP contribution is -2.23. The van der Waals surface area contributed by atoms with Gasteiger partial charge in [0.1, 0.15) is 10.7 Å². The minimum atomic E-state index is -0.233. The van der Waals surface area contributed by atoms with E-state index in [1.165, 1.54) is 30.6 Å². The normalized spacial score (nSPS) is 18.9. The van der Waals surface area contributed by atoms with E-state index in [-0.39, 0.29) is 16.6 Å². The number of aryl methyl sites for hydroxylation is 1. The number of nitrogens with zero attached hydrogens (tertiary/aromatic N) is 3. The van der Waals surface area contributed by atoms with Crippen molar-refractivity contribution in [3.05, 3.63) is 51.4 Å². The van der Waals surface area contributed by atoms with Crippen molar-refractivity contribution in [2.24, 2.45) is 11.8 Å². The van der Waals surface area contributed by atoms with Gasteiger partial charge in [-0.2, -0.15) is 4.98 Å². The van der Waals surface area contributed by atoms with Crippen LogP contribution < -0.4 is 10.9 Å². The maximum atomic E-state index is 12.5. The molecule has 4 rings (SSSR count). The maximum Gasteiger partial charge on any atom is 0.271 e. The van der Waals surface area contributed by atoms with Gasteiger partial charge in [0.2, 0.25) is 5.95 Å². The summed E-state index contributed by atoms with van der Waals surface area (Å²) < 4.78 is 1.62. The van der Waals surface area contributed by atoms with Crippen LogP contribution >= 0.6 is 23.4 Å². The SMILES string of the molecule is Cc1cc(SC2CCC(C(C)C)CC2)ccc1Nc1ncc2cc(Cl)c(=O)n(C(C)C)c2n1. The van der Waals surface area contributed by atoms with Gasteiger partial charge in [-0.05, 0) is 88.1 Å². The molecule has 3 aromatic rings. The van der Waals surface area contributed by atoms with E-state index in [1.807, 2.05) is 25.6 Å². The number of thioether (sulfide) groups is 1. The first kappa shape index (κ1) is 24.1. The van der Waals surface area contributed by atoms with Crippen LogP contribution in [0.1, 0.15) is 65.0 Å². The second kappa shape index (κ2) is 10.1. The Kier molecular flexibility index (Phi) is 7.34. The highest BCUT2D eigenvalue weighted by Gasteiger charge is 2.24. The summed E-state index contributed by atoms with van der Waals surface area (Å²) in [5, 5.41) is 4.97. The fourth-order valence-corrected chi connectivity index (χ4v) is 6.15. The van der Waals surface area contributed by atoms with E-state index < -0.39 is 0 Å². The Bertz CT molecular complexity index is 1200. The summed E-state index contributed by atoms with van der Waals surface area (Å²) in [4.78, 5) is 23.0. The first-order valence-electron chi connectivity index (χ1n) is 11.8. The Labute approximate surface area is 205 Å².